The van der Waals surface area contributed by atoms with Crippen molar-refractivity contribution < 1.29 is 9.18 Å². The van der Waals surface area contributed by atoms with Gasteiger partial charge in [0.05, 0.1) is 5.56 Å². The molecule has 128 valence electrons. The summed E-state index contributed by atoms with van der Waals surface area (Å²) in [6.45, 7) is 0. The number of hydrogen-bond acceptors (Lipinski definition) is 3. The summed E-state index contributed by atoms with van der Waals surface area (Å²) in [4.78, 5) is 20.1. The third-order valence-corrected chi connectivity index (χ3v) is 4.44. The number of halogens is 2. The molecule has 0 amide bonds. The molecule has 0 fully saturated rings. The van der Waals surface area contributed by atoms with E-state index in [0.717, 1.165) is 11.1 Å². The summed E-state index contributed by atoms with van der Waals surface area (Å²) in [6, 6.07) is 13.1. The Kier molecular flexibility index (Phi) is 3.93. The number of nitrogens with two attached hydrogens (primary N) is 1. The van der Waals surface area contributed by atoms with Crippen LogP contribution in [0.1, 0.15) is 15.9 Å². The van der Waals surface area contributed by atoms with Crippen molar-refractivity contribution in [3.8, 4) is 11.1 Å². The first-order valence-corrected chi connectivity index (χ1v) is 8.23. The van der Waals surface area contributed by atoms with E-state index in [1.54, 1.807) is 18.3 Å². The number of carbonyl (C=O) groups is 1. The molecule has 2 heterocycles. The van der Waals surface area contributed by atoms with Crippen LogP contribution < -0.4 is 5.73 Å². The van der Waals surface area contributed by atoms with Gasteiger partial charge in [-0.15, -0.1) is 0 Å². The van der Waals surface area contributed by atoms with Crippen LogP contribution in [-0.4, -0.2) is 15.8 Å². The van der Waals surface area contributed by atoms with Crippen molar-refractivity contribution in [1.82, 2.24) is 9.97 Å². The van der Waals surface area contributed by atoms with E-state index in [-0.39, 0.29) is 5.56 Å². The highest BCUT2D eigenvalue weighted by molar-refractivity contribution is 6.30. The van der Waals surface area contributed by atoms with Gasteiger partial charge in [0.15, 0.2) is 5.78 Å². The molecule has 4 aromatic rings. The highest BCUT2D eigenvalue weighted by atomic mass is 35.5. The predicted molar refractivity (Wildman–Crippen MR) is 101 cm³/mol. The normalized spacial score (nSPS) is 11.0. The molecule has 0 saturated carbocycles. The van der Waals surface area contributed by atoms with Gasteiger partial charge in [0.1, 0.15) is 11.5 Å². The number of aromatic nitrogens is 2. The van der Waals surface area contributed by atoms with Crippen molar-refractivity contribution in [3.05, 3.63) is 82.9 Å². The Balaban J connectivity index is 1.83. The van der Waals surface area contributed by atoms with Crippen LogP contribution >= 0.6 is 11.6 Å². The molecule has 0 bridgehead atoms. The number of ketones is 1. The van der Waals surface area contributed by atoms with Gasteiger partial charge >= 0.3 is 0 Å². The summed E-state index contributed by atoms with van der Waals surface area (Å²) in [5.74, 6) is -1.06. The monoisotopic (exact) mass is 365 g/mol. The molecular weight excluding hydrogens is 353 g/mol. The Morgan fingerprint density at radius 3 is 2.58 bits per heavy atom. The summed E-state index contributed by atoms with van der Waals surface area (Å²) in [5, 5.41) is 1.25. The van der Waals surface area contributed by atoms with Gasteiger partial charge in [-0.2, -0.15) is 0 Å². The average Bonchev–Trinajstić information content (AvgIpc) is 3.07. The zero-order chi connectivity index (χ0) is 18.3. The topological polar surface area (TPSA) is 71.8 Å². The summed E-state index contributed by atoms with van der Waals surface area (Å²) >= 11 is 5.93. The lowest BCUT2D eigenvalue weighted by Gasteiger charge is -2.05. The number of benzene rings is 2. The van der Waals surface area contributed by atoms with E-state index >= 15 is 0 Å². The van der Waals surface area contributed by atoms with E-state index in [1.165, 1.54) is 24.4 Å². The highest BCUT2D eigenvalue weighted by Gasteiger charge is 2.19. The van der Waals surface area contributed by atoms with Gasteiger partial charge in [-0.3, -0.25) is 4.79 Å². The van der Waals surface area contributed by atoms with E-state index < -0.39 is 11.6 Å². The number of H-pyrrole nitrogens is 1. The number of pyridine rings is 1. The second-order valence-electron chi connectivity index (χ2n) is 5.90. The number of nitrogens with one attached hydrogen (secondary N) is 1. The predicted octanol–water partition coefficient (Wildman–Crippen LogP) is 4.84. The SMILES string of the molecule is Nc1ccc(F)c(C(=O)c2c[nH]c3ncc(-c4ccc(Cl)cc4)cc23)c1. The Morgan fingerprint density at radius 2 is 1.81 bits per heavy atom. The van der Waals surface area contributed by atoms with Crippen molar-refractivity contribution in [2.75, 3.05) is 5.73 Å². The standard InChI is InChI=1S/C20H13ClFN3O/c21-13-3-1-11(2-4-13)12-7-15-17(10-25-20(15)24-9-12)19(26)16-8-14(23)5-6-18(16)22/h1-10H,23H2,(H,24,25). The molecule has 0 aliphatic heterocycles. The molecule has 4 rings (SSSR count). The molecule has 3 N–H and O–H groups in total. The van der Waals surface area contributed by atoms with Crippen LogP contribution in [0, 0.1) is 5.82 Å². The number of fused-ring (bicyclic) bond motifs is 1. The first-order chi connectivity index (χ1) is 12.5. The van der Waals surface area contributed by atoms with Gasteiger partial charge in [-0.05, 0) is 42.0 Å². The summed E-state index contributed by atoms with van der Waals surface area (Å²) in [7, 11) is 0. The second-order valence-corrected chi connectivity index (χ2v) is 6.33. The van der Waals surface area contributed by atoms with Crippen molar-refractivity contribution in [3.63, 3.8) is 0 Å². The lowest BCUT2D eigenvalue weighted by atomic mass is 10.0. The van der Waals surface area contributed by atoms with Gasteiger partial charge in [-0.1, -0.05) is 23.7 Å². The quantitative estimate of drug-likeness (QED) is 0.403. The largest absolute Gasteiger partial charge is 0.399 e. The number of nitrogen functional groups attached to an aromatic ring is 1. The third-order valence-electron chi connectivity index (χ3n) is 4.19. The van der Waals surface area contributed by atoms with Crippen molar-refractivity contribution in [2.24, 2.45) is 0 Å². The number of hydrogen-bond donors (Lipinski definition) is 2. The molecule has 0 atom stereocenters. The molecular formula is C20H13ClFN3O. The molecule has 2 aromatic heterocycles. The van der Waals surface area contributed by atoms with Gasteiger partial charge in [-0.25, -0.2) is 9.37 Å². The van der Waals surface area contributed by atoms with Crippen molar-refractivity contribution >= 4 is 34.1 Å². The number of rotatable bonds is 3. The Bertz CT molecular complexity index is 1140. The number of nitrogens with zero attached hydrogens (tertiary/aromatic N) is 1. The lowest BCUT2D eigenvalue weighted by Crippen LogP contribution is -2.04. The zero-order valence-electron chi connectivity index (χ0n) is 13.5. The van der Waals surface area contributed by atoms with Crippen LogP contribution in [0.4, 0.5) is 10.1 Å². The van der Waals surface area contributed by atoms with Crippen molar-refractivity contribution in [1.29, 1.82) is 0 Å². The third kappa shape index (κ3) is 2.82. The number of anilines is 1. The van der Waals surface area contributed by atoms with Crippen LogP contribution in [0.25, 0.3) is 22.2 Å². The molecule has 0 unspecified atom stereocenters. The van der Waals surface area contributed by atoms with Gasteiger partial charge in [0.2, 0.25) is 0 Å². The zero-order valence-corrected chi connectivity index (χ0v) is 14.2. The maximum Gasteiger partial charge on any atom is 0.198 e. The molecule has 0 saturated heterocycles. The fourth-order valence-corrected chi connectivity index (χ4v) is 2.98. The fourth-order valence-electron chi connectivity index (χ4n) is 2.85. The van der Waals surface area contributed by atoms with E-state index in [4.69, 9.17) is 17.3 Å². The summed E-state index contributed by atoms with van der Waals surface area (Å²) in [6.07, 6.45) is 3.24. The maximum atomic E-state index is 14.1. The Morgan fingerprint density at radius 1 is 1.04 bits per heavy atom. The fraction of sp³-hybridized carbons (Fsp3) is 0. The smallest absolute Gasteiger partial charge is 0.198 e. The molecule has 0 aliphatic carbocycles. The van der Waals surface area contributed by atoms with Gasteiger partial charge < -0.3 is 10.7 Å². The minimum absolute atomic E-state index is 0.0669. The maximum absolute atomic E-state index is 14.1. The highest BCUT2D eigenvalue weighted by Crippen LogP contribution is 2.27. The van der Waals surface area contributed by atoms with Gasteiger partial charge in [0, 0.05) is 39.6 Å². The van der Waals surface area contributed by atoms with E-state index in [9.17, 15) is 9.18 Å². The summed E-state index contributed by atoms with van der Waals surface area (Å²) in [5.41, 5.74) is 8.59. The first kappa shape index (κ1) is 16.3. The van der Waals surface area contributed by atoms with Crippen LogP contribution in [0.3, 0.4) is 0 Å². The Hall–Kier alpha value is -3.18. The molecule has 2 aromatic carbocycles. The molecule has 26 heavy (non-hydrogen) atoms. The molecule has 0 aliphatic rings. The van der Waals surface area contributed by atoms with Gasteiger partial charge in [0.25, 0.3) is 0 Å². The van der Waals surface area contributed by atoms with Crippen LogP contribution in [0.5, 0.6) is 0 Å². The average molecular weight is 366 g/mol. The number of aromatic amines is 1. The van der Waals surface area contributed by atoms with Crippen LogP contribution in [0.2, 0.25) is 5.02 Å². The minimum atomic E-state index is -0.611. The van der Waals surface area contributed by atoms with Crippen LogP contribution in [-0.2, 0) is 0 Å². The van der Waals surface area contributed by atoms with Crippen LogP contribution in [0.15, 0.2) is 60.9 Å². The summed E-state index contributed by atoms with van der Waals surface area (Å²) < 4.78 is 14.1. The first-order valence-electron chi connectivity index (χ1n) is 7.86. The molecule has 6 heteroatoms. The minimum Gasteiger partial charge on any atom is -0.399 e. The Labute approximate surface area is 153 Å². The molecule has 4 nitrogen and oxygen atoms in total. The molecule has 0 spiro atoms. The number of carbonyl (C=O) groups excluding carboxylic acids is 1. The van der Waals surface area contributed by atoms with E-state index in [1.807, 2.05) is 18.2 Å². The second kappa shape index (κ2) is 6.28. The van der Waals surface area contributed by atoms with E-state index in [2.05, 4.69) is 9.97 Å². The lowest BCUT2D eigenvalue weighted by molar-refractivity contribution is 0.103. The molecule has 0 radical (unpaired) electrons. The van der Waals surface area contributed by atoms with Crippen molar-refractivity contribution in [2.45, 2.75) is 0 Å². The van der Waals surface area contributed by atoms with E-state index in [0.29, 0.717) is 27.3 Å².